The number of benzene rings is 1. The highest BCUT2D eigenvalue weighted by atomic mass is 16.6. The van der Waals surface area contributed by atoms with Gasteiger partial charge in [-0.15, -0.1) is 0 Å². The molecule has 0 unspecified atom stereocenters. The summed E-state index contributed by atoms with van der Waals surface area (Å²) in [6, 6.07) is 2.56. The molecule has 0 aliphatic heterocycles. The fourth-order valence-corrected chi connectivity index (χ4v) is 6.64. The Labute approximate surface area is 329 Å². The van der Waals surface area contributed by atoms with Crippen LogP contribution < -0.4 is 0 Å². The van der Waals surface area contributed by atoms with Crippen molar-refractivity contribution in [2.24, 2.45) is 0 Å². The first-order valence-electron chi connectivity index (χ1n) is 22.0. The molecule has 1 rings (SSSR count). The fourth-order valence-electron chi connectivity index (χ4n) is 6.64. The molecule has 310 valence electrons. The summed E-state index contributed by atoms with van der Waals surface area (Å²) in [4.78, 5) is 55.4. The molecule has 8 nitrogen and oxygen atoms in total. The first-order chi connectivity index (χ1) is 26.0. The maximum Gasteiger partial charge on any atom is 0.339 e. The van der Waals surface area contributed by atoms with Crippen molar-refractivity contribution in [2.45, 2.75) is 234 Å². The van der Waals surface area contributed by atoms with Crippen LogP contribution in [0.1, 0.15) is 251 Å². The van der Waals surface area contributed by atoms with Crippen molar-refractivity contribution < 1.29 is 38.1 Å². The number of ether oxygens (including phenoxy) is 4. The standard InChI is InChI=1S/C46H78O8/c1-9-13-17-21-25-29-35(5)51-43(47)39-33-41(45(49)53-37(7)31-27-23-19-15-11-3)42(46(50)54-38(8)32-28-24-20-16-12-4)34-40(39)44(48)52-36(6)30-26-22-18-14-10-2/h33-38H,9-32H2,1-8H3/t35-,36-,37-,38-/m1/s1. The fraction of sp³-hybridized carbons (Fsp3) is 0.783. The van der Waals surface area contributed by atoms with Crippen LogP contribution in [0.15, 0.2) is 12.1 Å². The van der Waals surface area contributed by atoms with Gasteiger partial charge < -0.3 is 18.9 Å². The van der Waals surface area contributed by atoms with Gasteiger partial charge in [-0.05, 0) is 91.2 Å². The van der Waals surface area contributed by atoms with Gasteiger partial charge in [-0.25, -0.2) is 19.2 Å². The second-order valence-corrected chi connectivity index (χ2v) is 15.6. The number of rotatable bonds is 32. The second-order valence-electron chi connectivity index (χ2n) is 15.6. The van der Waals surface area contributed by atoms with Crippen molar-refractivity contribution in [3.63, 3.8) is 0 Å². The highest BCUT2D eigenvalue weighted by Crippen LogP contribution is 2.26. The molecule has 4 atom stereocenters. The Balaban J connectivity index is 3.49. The zero-order valence-corrected chi connectivity index (χ0v) is 35.7. The third-order valence-electron chi connectivity index (χ3n) is 10.1. The summed E-state index contributed by atoms with van der Waals surface area (Å²) in [6.45, 7) is 16.0. The molecule has 1 aromatic rings. The van der Waals surface area contributed by atoms with Gasteiger partial charge in [0.15, 0.2) is 0 Å². The monoisotopic (exact) mass is 759 g/mol. The van der Waals surface area contributed by atoms with E-state index in [0.717, 1.165) is 103 Å². The van der Waals surface area contributed by atoms with E-state index in [-0.39, 0.29) is 22.3 Å². The lowest BCUT2D eigenvalue weighted by Crippen LogP contribution is -2.25. The van der Waals surface area contributed by atoms with Gasteiger partial charge in [0, 0.05) is 0 Å². The molecule has 1 aromatic carbocycles. The lowest BCUT2D eigenvalue weighted by molar-refractivity contribution is 0.0254. The van der Waals surface area contributed by atoms with Crippen molar-refractivity contribution in [3.8, 4) is 0 Å². The zero-order chi connectivity index (χ0) is 40.1. The van der Waals surface area contributed by atoms with Crippen LogP contribution in [-0.2, 0) is 18.9 Å². The van der Waals surface area contributed by atoms with E-state index in [4.69, 9.17) is 18.9 Å². The summed E-state index contributed by atoms with van der Waals surface area (Å²) >= 11 is 0. The molecular formula is C46H78O8. The molecule has 0 spiro atoms. The molecule has 0 saturated heterocycles. The normalized spacial score (nSPS) is 13.5. The molecule has 0 heterocycles. The van der Waals surface area contributed by atoms with Crippen LogP contribution >= 0.6 is 0 Å². The number of unbranched alkanes of at least 4 members (excludes halogenated alkanes) is 16. The average molecular weight is 759 g/mol. The highest BCUT2D eigenvalue weighted by Gasteiger charge is 2.31. The smallest absolute Gasteiger partial charge is 0.339 e. The van der Waals surface area contributed by atoms with Crippen LogP contribution in [0.25, 0.3) is 0 Å². The van der Waals surface area contributed by atoms with Crippen LogP contribution in [-0.4, -0.2) is 48.3 Å². The summed E-state index contributed by atoms with van der Waals surface area (Å²) in [7, 11) is 0. The third-order valence-corrected chi connectivity index (χ3v) is 10.1. The quantitative estimate of drug-likeness (QED) is 0.0406. The summed E-state index contributed by atoms with van der Waals surface area (Å²) in [6.07, 6.45) is 22.7. The predicted octanol–water partition coefficient (Wildman–Crippen LogP) is 13.3. The van der Waals surface area contributed by atoms with Crippen molar-refractivity contribution in [3.05, 3.63) is 34.4 Å². The van der Waals surface area contributed by atoms with Crippen LogP contribution in [0.2, 0.25) is 0 Å². The average Bonchev–Trinajstić information content (AvgIpc) is 3.13. The van der Waals surface area contributed by atoms with E-state index in [1.807, 2.05) is 27.7 Å². The summed E-state index contributed by atoms with van der Waals surface area (Å²) < 4.78 is 23.5. The van der Waals surface area contributed by atoms with Crippen molar-refractivity contribution in [1.29, 1.82) is 0 Å². The predicted molar refractivity (Wildman–Crippen MR) is 219 cm³/mol. The van der Waals surface area contributed by atoms with Gasteiger partial charge >= 0.3 is 23.9 Å². The van der Waals surface area contributed by atoms with Gasteiger partial charge in [-0.1, -0.05) is 130 Å². The Kier molecular flexibility index (Phi) is 27.6. The van der Waals surface area contributed by atoms with Crippen molar-refractivity contribution in [1.82, 2.24) is 0 Å². The molecule has 54 heavy (non-hydrogen) atoms. The third kappa shape index (κ3) is 21.3. The molecule has 0 aliphatic carbocycles. The SMILES string of the molecule is CCCCCCC[C@@H](C)OC(=O)c1cc(C(=O)O[C@H](C)CCCCCCC)c(C(=O)O[C@H](C)CCCCCCC)cc1C(=O)O[C@H](C)CCCCCCC. The molecule has 8 heteroatoms. The maximum absolute atomic E-state index is 13.9. The molecule has 0 saturated carbocycles. The van der Waals surface area contributed by atoms with Crippen LogP contribution in [0.3, 0.4) is 0 Å². The summed E-state index contributed by atoms with van der Waals surface area (Å²) in [5.41, 5.74) is -0.472. The van der Waals surface area contributed by atoms with E-state index >= 15 is 0 Å². The number of esters is 4. The minimum absolute atomic E-state index is 0.118. The number of carbonyl (C=O) groups excluding carboxylic acids is 4. The van der Waals surface area contributed by atoms with Crippen LogP contribution in [0.5, 0.6) is 0 Å². The summed E-state index contributed by atoms with van der Waals surface area (Å²) in [5, 5.41) is 0. The molecule has 0 aromatic heterocycles. The van der Waals surface area contributed by atoms with E-state index in [1.54, 1.807) is 0 Å². The number of hydrogen-bond donors (Lipinski definition) is 0. The lowest BCUT2D eigenvalue weighted by Gasteiger charge is -2.20. The molecule has 0 aliphatic rings. The number of hydrogen-bond acceptors (Lipinski definition) is 8. The first kappa shape index (κ1) is 49.1. The van der Waals surface area contributed by atoms with Gasteiger partial charge in [0.25, 0.3) is 0 Å². The van der Waals surface area contributed by atoms with Gasteiger partial charge in [-0.2, -0.15) is 0 Å². The highest BCUT2D eigenvalue weighted by molar-refractivity contribution is 6.10. The molecule has 0 amide bonds. The number of carbonyl (C=O) groups is 4. The molecule has 0 fully saturated rings. The Morgan fingerprint density at radius 1 is 0.352 bits per heavy atom. The first-order valence-corrected chi connectivity index (χ1v) is 22.0. The van der Waals surface area contributed by atoms with E-state index in [1.165, 1.54) is 37.8 Å². The Morgan fingerprint density at radius 2 is 0.537 bits per heavy atom. The van der Waals surface area contributed by atoms with Gasteiger partial charge in [0.05, 0.1) is 46.7 Å². The van der Waals surface area contributed by atoms with Crippen molar-refractivity contribution in [2.75, 3.05) is 0 Å². The Hall–Kier alpha value is -2.90. The molecule has 0 radical (unpaired) electrons. The minimum Gasteiger partial charge on any atom is -0.459 e. The van der Waals surface area contributed by atoms with Gasteiger partial charge in [0.2, 0.25) is 0 Å². The maximum atomic E-state index is 13.9. The zero-order valence-electron chi connectivity index (χ0n) is 35.7. The minimum atomic E-state index is -0.742. The topological polar surface area (TPSA) is 105 Å². The van der Waals surface area contributed by atoms with Gasteiger partial charge in [-0.3, -0.25) is 0 Å². The second kappa shape index (κ2) is 30.3. The summed E-state index contributed by atoms with van der Waals surface area (Å²) in [5.74, 6) is -2.97. The van der Waals surface area contributed by atoms with Crippen molar-refractivity contribution >= 4 is 23.9 Å². The lowest BCUT2D eigenvalue weighted by atomic mass is 9.97. The Morgan fingerprint density at radius 3 is 0.722 bits per heavy atom. The van der Waals surface area contributed by atoms with E-state index in [9.17, 15) is 19.2 Å². The van der Waals surface area contributed by atoms with E-state index < -0.39 is 48.3 Å². The molecule has 0 bridgehead atoms. The largest absolute Gasteiger partial charge is 0.459 e. The van der Waals surface area contributed by atoms with E-state index in [0.29, 0.717) is 25.7 Å². The molecule has 0 N–H and O–H groups in total. The molecular weight excluding hydrogens is 680 g/mol. The Bertz CT molecular complexity index is 1020. The van der Waals surface area contributed by atoms with Gasteiger partial charge in [0.1, 0.15) is 0 Å². The van der Waals surface area contributed by atoms with Crippen LogP contribution in [0.4, 0.5) is 0 Å². The van der Waals surface area contributed by atoms with Crippen LogP contribution in [0, 0.1) is 0 Å². The van der Waals surface area contributed by atoms with E-state index in [2.05, 4.69) is 27.7 Å².